The van der Waals surface area contributed by atoms with E-state index in [1.807, 2.05) is 13.8 Å². The van der Waals surface area contributed by atoms with Crippen LogP contribution in [0.4, 0.5) is 11.6 Å². The van der Waals surface area contributed by atoms with E-state index in [1.54, 1.807) is 25.1 Å². The third-order valence-corrected chi connectivity index (χ3v) is 4.86. The number of carbonyl (C=O) groups excluding carboxylic acids is 1. The standard InChI is InChI=1S/C16H20N4O3S/c1-4-11(2)15(21)19-13-5-7-14(8-6-13)24(22,23)20-16-17-10-9-12(3)18-16/h5-11H,4H2,1-3H3,(H,19,21)(H,17,18,20)/t11-/m0/s1. The van der Waals surface area contributed by atoms with Crippen molar-refractivity contribution in [1.82, 2.24) is 9.97 Å². The van der Waals surface area contributed by atoms with Crippen LogP contribution in [0.3, 0.4) is 0 Å². The van der Waals surface area contributed by atoms with Gasteiger partial charge in [-0.3, -0.25) is 4.79 Å². The molecule has 8 heteroatoms. The third kappa shape index (κ3) is 4.51. The van der Waals surface area contributed by atoms with Crippen molar-refractivity contribution >= 4 is 27.6 Å². The van der Waals surface area contributed by atoms with Gasteiger partial charge < -0.3 is 5.32 Å². The number of aromatic nitrogens is 2. The fourth-order valence-corrected chi connectivity index (χ4v) is 2.80. The number of anilines is 2. The maximum Gasteiger partial charge on any atom is 0.264 e. The first-order valence-electron chi connectivity index (χ1n) is 7.55. The Kier molecular flexibility index (Phi) is 5.50. The van der Waals surface area contributed by atoms with Crippen molar-refractivity contribution in [2.45, 2.75) is 32.1 Å². The molecule has 0 radical (unpaired) electrons. The molecule has 1 amide bonds. The average Bonchev–Trinajstić information content (AvgIpc) is 2.54. The van der Waals surface area contributed by atoms with Gasteiger partial charge in [0.25, 0.3) is 10.0 Å². The van der Waals surface area contributed by atoms with Gasteiger partial charge in [-0.1, -0.05) is 13.8 Å². The van der Waals surface area contributed by atoms with Crippen molar-refractivity contribution in [2.75, 3.05) is 10.0 Å². The zero-order chi connectivity index (χ0) is 17.7. The van der Waals surface area contributed by atoms with Gasteiger partial charge in [-0.2, -0.15) is 0 Å². The molecule has 1 atom stereocenters. The van der Waals surface area contributed by atoms with E-state index in [9.17, 15) is 13.2 Å². The second-order valence-electron chi connectivity index (χ2n) is 5.45. The molecule has 0 aliphatic heterocycles. The van der Waals surface area contributed by atoms with E-state index in [4.69, 9.17) is 0 Å². The highest BCUT2D eigenvalue weighted by molar-refractivity contribution is 7.92. The Morgan fingerprint density at radius 2 is 1.88 bits per heavy atom. The van der Waals surface area contributed by atoms with Gasteiger partial charge in [0.2, 0.25) is 11.9 Å². The summed E-state index contributed by atoms with van der Waals surface area (Å²) in [4.78, 5) is 19.8. The lowest BCUT2D eigenvalue weighted by molar-refractivity contribution is -0.119. The number of hydrogen-bond donors (Lipinski definition) is 2. The van der Waals surface area contributed by atoms with Gasteiger partial charge in [-0.05, 0) is 43.7 Å². The molecule has 2 rings (SSSR count). The highest BCUT2D eigenvalue weighted by Crippen LogP contribution is 2.17. The van der Waals surface area contributed by atoms with Gasteiger partial charge in [0.1, 0.15) is 0 Å². The largest absolute Gasteiger partial charge is 0.326 e. The minimum atomic E-state index is -3.78. The van der Waals surface area contributed by atoms with Crippen molar-refractivity contribution in [2.24, 2.45) is 5.92 Å². The molecule has 0 saturated heterocycles. The molecular weight excluding hydrogens is 328 g/mol. The molecule has 0 spiro atoms. The molecule has 1 aromatic carbocycles. The van der Waals surface area contributed by atoms with Crippen LogP contribution in [0.2, 0.25) is 0 Å². The number of nitrogens with zero attached hydrogens (tertiary/aromatic N) is 2. The predicted octanol–water partition coefficient (Wildman–Crippen LogP) is 2.57. The molecular formula is C16H20N4O3S. The van der Waals surface area contributed by atoms with E-state index in [0.29, 0.717) is 11.4 Å². The Balaban J connectivity index is 2.13. The first-order chi connectivity index (χ1) is 11.3. The van der Waals surface area contributed by atoms with Crippen LogP contribution in [0.25, 0.3) is 0 Å². The third-order valence-electron chi connectivity index (χ3n) is 3.51. The summed E-state index contributed by atoms with van der Waals surface area (Å²) in [6.07, 6.45) is 2.21. The molecule has 0 unspecified atom stereocenters. The summed E-state index contributed by atoms with van der Waals surface area (Å²) in [6.45, 7) is 5.51. The molecule has 2 aromatic rings. The van der Waals surface area contributed by atoms with E-state index in [0.717, 1.165) is 6.42 Å². The Morgan fingerprint density at radius 1 is 1.21 bits per heavy atom. The molecule has 2 N–H and O–H groups in total. The fourth-order valence-electron chi connectivity index (χ4n) is 1.85. The number of benzene rings is 1. The normalized spacial score (nSPS) is 12.5. The molecule has 24 heavy (non-hydrogen) atoms. The molecule has 0 saturated carbocycles. The maximum atomic E-state index is 12.3. The number of hydrogen-bond acceptors (Lipinski definition) is 5. The summed E-state index contributed by atoms with van der Waals surface area (Å²) in [5, 5.41) is 2.75. The summed E-state index contributed by atoms with van der Waals surface area (Å²) < 4.78 is 27.0. The number of nitrogens with one attached hydrogen (secondary N) is 2. The van der Waals surface area contributed by atoms with Crippen LogP contribution >= 0.6 is 0 Å². The van der Waals surface area contributed by atoms with E-state index in [-0.39, 0.29) is 22.7 Å². The van der Waals surface area contributed by atoms with Crippen molar-refractivity contribution < 1.29 is 13.2 Å². The van der Waals surface area contributed by atoms with Crippen LogP contribution in [-0.2, 0) is 14.8 Å². The zero-order valence-electron chi connectivity index (χ0n) is 13.8. The number of carbonyl (C=O) groups is 1. The van der Waals surface area contributed by atoms with E-state index < -0.39 is 10.0 Å². The van der Waals surface area contributed by atoms with Crippen LogP contribution in [0.1, 0.15) is 26.0 Å². The summed E-state index contributed by atoms with van der Waals surface area (Å²) >= 11 is 0. The minimum absolute atomic E-state index is 0.0177. The van der Waals surface area contributed by atoms with Gasteiger partial charge in [0.05, 0.1) is 4.90 Å². The smallest absolute Gasteiger partial charge is 0.264 e. The topological polar surface area (TPSA) is 101 Å². The lowest BCUT2D eigenvalue weighted by Gasteiger charge is -2.11. The quantitative estimate of drug-likeness (QED) is 0.835. The Morgan fingerprint density at radius 3 is 2.46 bits per heavy atom. The minimum Gasteiger partial charge on any atom is -0.326 e. The number of aryl methyl sites for hydroxylation is 1. The molecule has 1 aromatic heterocycles. The monoisotopic (exact) mass is 348 g/mol. The maximum absolute atomic E-state index is 12.3. The zero-order valence-corrected chi connectivity index (χ0v) is 14.6. The van der Waals surface area contributed by atoms with Gasteiger partial charge >= 0.3 is 0 Å². The second kappa shape index (κ2) is 7.39. The highest BCUT2D eigenvalue weighted by Gasteiger charge is 2.16. The summed E-state index contributed by atoms with van der Waals surface area (Å²) in [6, 6.07) is 7.61. The van der Waals surface area contributed by atoms with Gasteiger partial charge in [-0.15, -0.1) is 0 Å². The lowest BCUT2D eigenvalue weighted by Crippen LogP contribution is -2.19. The van der Waals surface area contributed by atoms with Crippen molar-refractivity contribution in [1.29, 1.82) is 0 Å². The number of sulfonamides is 1. The molecule has 0 aliphatic rings. The molecule has 0 fully saturated rings. The highest BCUT2D eigenvalue weighted by atomic mass is 32.2. The van der Waals surface area contributed by atoms with Gasteiger partial charge in [0.15, 0.2) is 0 Å². The summed E-state index contributed by atoms with van der Waals surface area (Å²) in [7, 11) is -3.78. The van der Waals surface area contributed by atoms with Crippen molar-refractivity contribution in [3.05, 3.63) is 42.2 Å². The van der Waals surface area contributed by atoms with E-state index in [1.165, 1.54) is 18.3 Å². The Labute approximate surface area is 141 Å². The van der Waals surface area contributed by atoms with Gasteiger partial charge in [0, 0.05) is 23.5 Å². The number of rotatable bonds is 6. The first kappa shape index (κ1) is 17.9. The Bertz CT molecular complexity index is 819. The summed E-state index contributed by atoms with van der Waals surface area (Å²) in [5.74, 6) is -0.183. The van der Waals surface area contributed by atoms with E-state index >= 15 is 0 Å². The molecule has 7 nitrogen and oxygen atoms in total. The van der Waals surface area contributed by atoms with E-state index in [2.05, 4.69) is 20.0 Å². The molecule has 0 bridgehead atoms. The lowest BCUT2D eigenvalue weighted by atomic mass is 10.1. The number of amides is 1. The fraction of sp³-hybridized carbons (Fsp3) is 0.312. The van der Waals surface area contributed by atoms with Crippen LogP contribution in [-0.4, -0.2) is 24.3 Å². The predicted molar refractivity (Wildman–Crippen MR) is 92.1 cm³/mol. The van der Waals surface area contributed by atoms with Crippen molar-refractivity contribution in [3.8, 4) is 0 Å². The molecule has 128 valence electrons. The Hall–Kier alpha value is -2.48. The van der Waals surface area contributed by atoms with Crippen molar-refractivity contribution in [3.63, 3.8) is 0 Å². The van der Waals surface area contributed by atoms with Gasteiger partial charge in [-0.25, -0.2) is 23.1 Å². The van der Waals surface area contributed by atoms with Crippen LogP contribution in [0.5, 0.6) is 0 Å². The second-order valence-corrected chi connectivity index (χ2v) is 7.13. The van der Waals surface area contributed by atoms with Crippen LogP contribution in [0.15, 0.2) is 41.4 Å². The van der Waals surface area contributed by atoms with Crippen LogP contribution < -0.4 is 10.0 Å². The van der Waals surface area contributed by atoms with Crippen LogP contribution in [0, 0.1) is 12.8 Å². The first-order valence-corrected chi connectivity index (χ1v) is 9.03. The SMILES string of the molecule is CC[C@H](C)C(=O)Nc1ccc(S(=O)(=O)Nc2nccc(C)n2)cc1. The molecule has 0 aliphatic carbocycles. The molecule has 1 heterocycles. The average molecular weight is 348 g/mol. The summed E-state index contributed by atoms with van der Waals surface area (Å²) in [5.41, 5.74) is 1.21.